The van der Waals surface area contributed by atoms with Crippen molar-refractivity contribution in [1.29, 1.82) is 0 Å². The molecule has 0 atom stereocenters. The fraction of sp³-hybridized carbons (Fsp3) is 0.938. The number of piperazine rings is 1. The molecule has 0 aromatic heterocycles. The van der Waals surface area contributed by atoms with Crippen molar-refractivity contribution < 1.29 is 4.79 Å². The Morgan fingerprint density at radius 3 is 2.43 bits per heavy atom. The lowest BCUT2D eigenvalue weighted by atomic mass is 10.2. The monoisotopic (exact) mass is 294 g/mol. The maximum absolute atomic E-state index is 12.5. The number of rotatable bonds is 3. The highest BCUT2D eigenvalue weighted by molar-refractivity contribution is 5.78. The normalized spacial score (nSPS) is 27.0. The Kier molecular flexibility index (Phi) is 5.49. The maximum atomic E-state index is 12.5. The zero-order chi connectivity index (χ0) is 14.5. The van der Waals surface area contributed by atoms with Gasteiger partial charge in [-0.15, -0.1) is 0 Å². The molecule has 0 unspecified atom stereocenters. The average molecular weight is 294 g/mol. The molecule has 2 heterocycles. The Labute approximate surface area is 128 Å². The van der Waals surface area contributed by atoms with Gasteiger partial charge in [-0.2, -0.15) is 0 Å². The Morgan fingerprint density at radius 1 is 0.905 bits per heavy atom. The molecule has 120 valence electrons. The molecular formula is C16H30N4O. The van der Waals surface area contributed by atoms with Crippen molar-refractivity contribution in [2.45, 2.75) is 38.1 Å². The van der Waals surface area contributed by atoms with Crippen molar-refractivity contribution in [2.75, 3.05) is 58.9 Å². The van der Waals surface area contributed by atoms with Gasteiger partial charge in [0.1, 0.15) is 0 Å². The van der Waals surface area contributed by atoms with E-state index in [1.165, 1.54) is 25.7 Å². The molecule has 1 N–H and O–H groups in total. The van der Waals surface area contributed by atoms with Gasteiger partial charge in [-0.1, -0.05) is 12.8 Å². The average Bonchev–Trinajstić information content (AvgIpc) is 2.93. The van der Waals surface area contributed by atoms with Crippen LogP contribution in [0, 0.1) is 0 Å². The van der Waals surface area contributed by atoms with E-state index in [4.69, 9.17) is 0 Å². The molecule has 2 saturated heterocycles. The number of nitrogens with zero attached hydrogens (tertiary/aromatic N) is 3. The second-order valence-electron chi connectivity index (χ2n) is 6.73. The Morgan fingerprint density at radius 2 is 1.67 bits per heavy atom. The second kappa shape index (κ2) is 7.56. The number of hydrogen-bond donors (Lipinski definition) is 1. The minimum atomic E-state index is 0.336. The van der Waals surface area contributed by atoms with Crippen LogP contribution in [0.1, 0.15) is 32.1 Å². The minimum Gasteiger partial charge on any atom is -0.339 e. The number of hydrogen-bond acceptors (Lipinski definition) is 4. The van der Waals surface area contributed by atoms with Crippen molar-refractivity contribution >= 4 is 5.91 Å². The van der Waals surface area contributed by atoms with Crippen LogP contribution in [0.5, 0.6) is 0 Å². The van der Waals surface area contributed by atoms with E-state index in [0.717, 1.165) is 64.8 Å². The summed E-state index contributed by atoms with van der Waals surface area (Å²) in [5.74, 6) is 0.336. The van der Waals surface area contributed by atoms with Gasteiger partial charge in [0.05, 0.1) is 6.54 Å². The van der Waals surface area contributed by atoms with Crippen LogP contribution >= 0.6 is 0 Å². The standard InChI is InChI=1S/C16H30N4O/c21-16(14-18-8-3-6-17-7-9-18)20-12-10-19(11-13-20)15-4-1-2-5-15/h15,17H,1-14H2. The first-order chi connectivity index (χ1) is 10.3. The highest BCUT2D eigenvalue weighted by Crippen LogP contribution is 2.24. The van der Waals surface area contributed by atoms with E-state index in [0.29, 0.717) is 12.5 Å². The molecule has 1 saturated carbocycles. The lowest BCUT2D eigenvalue weighted by Gasteiger charge is -2.38. The van der Waals surface area contributed by atoms with E-state index < -0.39 is 0 Å². The Balaban J connectivity index is 1.41. The highest BCUT2D eigenvalue weighted by atomic mass is 16.2. The van der Waals surface area contributed by atoms with Crippen LogP contribution in [0.15, 0.2) is 0 Å². The lowest BCUT2D eigenvalue weighted by Crippen LogP contribution is -2.53. The second-order valence-corrected chi connectivity index (χ2v) is 6.73. The molecule has 5 heteroatoms. The Bertz CT molecular complexity index is 327. The van der Waals surface area contributed by atoms with Crippen molar-refractivity contribution in [1.82, 2.24) is 20.0 Å². The van der Waals surface area contributed by atoms with Crippen LogP contribution in [0.3, 0.4) is 0 Å². The van der Waals surface area contributed by atoms with Crippen LogP contribution < -0.4 is 5.32 Å². The third kappa shape index (κ3) is 4.18. The molecular weight excluding hydrogens is 264 g/mol. The van der Waals surface area contributed by atoms with Crippen molar-refractivity contribution in [2.24, 2.45) is 0 Å². The SMILES string of the molecule is O=C(CN1CCCNCC1)N1CCN(C2CCCC2)CC1. The smallest absolute Gasteiger partial charge is 0.236 e. The molecule has 3 aliphatic rings. The van der Waals surface area contributed by atoms with Gasteiger partial charge < -0.3 is 10.2 Å². The molecule has 1 aliphatic carbocycles. The number of carbonyl (C=O) groups excluding carboxylic acids is 1. The molecule has 5 nitrogen and oxygen atoms in total. The molecule has 0 aromatic carbocycles. The predicted octanol–water partition coefficient (Wildman–Crippen LogP) is 0.369. The highest BCUT2D eigenvalue weighted by Gasteiger charge is 2.28. The van der Waals surface area contributed by atoms with Gasteiger partial charge in [0, 0.05) is 45.3 Å². The van der Waals surface area contributed by atoms with Gasteiger partial charge in [-0.05, 0) is 32.4 Å². The third-order valence-corrected chi connectivity index (χ3v) is 5.30. The fourth-order valence-electron chi connectivity index (χ4n) is 3.96. The Hall–Kier alpha value is -0.650. The van der Waals surface area contributed by atoms with Crippen LogP contribution in [-0.4, -0.2) is 85.6 Å². The molecule has 0 radical (unpaired) electrons. The van der Waals surface area contributed by atoms with Gasteiger partial charge in [-0.25, -0.2) is 0 Å². The third-order valence-electron chi connectivity index (χ3n) is 5.30. The van der Waals surface area contributed by atoms with E-state index >= 15 is 0 Å². The number of nitrogens with one attached hydrogen (secondary N) is 1. The molecule has 0 spiro atoms. The summed E-state index contributed by atoms with van der Waals surface area (Å²) in [4.78, 5) is 19.5. The molecule has 21 heavy (non-hydrogen) atoms. The summed E-state index contributed by atoms with van der Waals surface area (Å²) in [6.07, 6.45) is 6.69. The summed E-state index contributed by atoms with van der Waals surface area (Å²) in [5, 5.41) is 3.39. The number of amides is 1. The van der Waals surface area contributed by atoms with E-state index in [2.05, 4.69) is 20.0 Å². The van der Waals surface area contributed by atoms with E-state index in [1.54, 1.807) is 0 Å². The lowest BCUT2D eigenvalue weighted by molar-refractivity contribution is -0.134. The van der Waals surface area contributed by atoms with E-state index in [1.807, 2.05) is 0 Å². The van der Waals surface area contributed by atoms with Crippen LogP contribution in [0.25, 0.3) is 0 Å². The van der Waals surface area contributed by atoms with Gasteiger partial charge in [0.2, 0.25) is 5.91 Å². The van der Waals surface area contributed by atoms with Crippen LogP contribution in [0.2, 0.25) is 0 Å². The zero-order valence-corrected chi connectivity index (χ0v) is 13.2. The topological polar surface area (TPSA) is 38.8 Å². The summed E-state index contributed by atoms with van der Waals surface area (Å²) >= 11 is 0. The first kappa shape index (κ1) is 15.3. The first-order valence-corrected chi connectivity index (χ1v) is 8.78. The summed E-state index contributed by atoms with van der Waals surface area (Å²) < 4.78 is 0. The molecule has 3 fully saturated rings. The van der Waals surface area contributed by atoms with Gasteiger partial charge in [0.15, 0.2) is 0 Å². The van der Waals surface area contributed by atoms with Gasteiger partial charge in [0.25, 0.3) is 0 Å². The van der Waals surface area contributed by atoms with Crippen LogP contribution in [0.4, 0.5) is 0 Å². The summed E-state index contributed by atoms with van der Waals surface area (Å²) in [6, 6.07) is 0.805. The quantitative estimate of drug-likeness (QED) is 0.816. The van der Waals surface area contributed by atoms with Crippen molar-refractivity contribution in [3.8, 4) is 0 Å². The molecule has 0 bridgehead atoms. The van der Waals surface area contributed by atoms with E-state index in [9.17, 15) is 4.79 Å². The van der Waals surface area contributed by atoms with Crippen molar-refractivity contribution in [3.63, 3.8) is 0 Å². The predicted molar refractivity (Wildman–Crippen MR) is 84.3 cm³/mol. The van der Waals surface area contributed by atoms with Crippen molar-refractivity contribution in [3.05, 3.63) is 0 Å². The molecule has 3 rings (SSSR count). The van der Waals surface area contributed by atoms with Crippen LogP contribution in [-0.2, 0) is 4.79 Å². The number of carbonyl (C=O) groups is 1. The summed E-state index contributed by atoms with van der Waals surface area (Å²) in [6.45, 7) is 8.81. The fourth-order valence-corrected chi connectivity index (χ4v) is 3.96. The minimum absolute atomic E-state index is 0.336. The molecule has 1 amide bonds. The van der Waals surface area contributed by atoms with Gasteiger partial charge in [-0.3, -0.25) is 14.6 Å². The maximum Gasteiger partial charge on any atom is 0.236 e. The zero-order valence-electron chi connectivity index (χ0n) is 13.2. The molecule has 0 aromatic rings. The summed E-state index contributed by atoms with van der Waals surface area (Å²) in [7, 11) is 0. The van der Waals surface area contributed by atoms with E-state index in [-0.39, 0.29) is 0 Å². The largest absolute Gasteiger partial charge is 0.339 e. The first-order valence-electron chi connectivity index (χ1n) is 8.78. The summed E-state index contributed by atoms with van der Waals surface area (Å²) in [5.41, 5.74) is 0. The van der Waals surface area contributed by atoms with Gasteiger partial charge >= 0.3 is 0 Å². The molecule has 2 aliphatic heterocycles.